The number of nitrogens with one attached hydrogen (secondary N) is 2. The maximum absolute atomic E-state index is 12.4. The van der Waals surface area contributed by atoms with Crippen LogP contribution in [0.4, 0.5) is 18.3 Å². The molecule has 0 saturated heterocycles. The molecule has 1 heterocycles. The van der Waals surface area contributed by atoms with E-state index in [1.165, 1.54) is 0 Å². The zero-order chi connectivity index (χ0) is 16.9. The number of alkyl halides is 3. The van der Waals surface area contributed by atoms with Crippen LogP contribution in [0, 0.1) is 0 Å². The van der Waals surface area contributed by atoms with Crippen LogP contribution in [-0.2, 0) is 12.6 Å². The van der Waals surface area contributed by atoms with Gasteiger partial charge in [-0.25, -0.2) is 4.98 Å². The van der Waals surface area contributed by atoms with E-state index in [1.807, 2.05) is 24.3 Å². The van der Waals surface area contributed by atoms with E-state index in [4.69, 9.17) is 17.0 Å². The minimum Gasteiger partial charge on any atom is -0.497 e. The Labute approximate surface area is 140 Å². The van der Waals surface area contributed by atoms with E-state index < -0.39 is 11.9 Å². The summed E-state index contributed by atoms with van der Waals surface area (Å²) in [5.74, 6) is 0.781. The molecule has 0 spiro atoms. The highest BCUT2D eigenvalue weighted by Crippen LogP contribution is 2.31. The molecule has 0 radical (unpaired) electrons. The molecule has 0 aliphatic carbocycles. The van der Waals surface area contributed by atoms with Crippen LogP contribution in [-0.4, -0.2) is 23.8 Å². The molecular weight excluding hydrogens is 347 g/mol. The van der Waals surface area contributed by atoms with Gasteiger partial charge in [0.2, 0.25) is 0 Å². The molecule has 1 aromatic heterocycles. The first-order valence-electron chi connectivity index (χ1n) is 6.59. The Balaban J connectivity index is 1.77. The van der Waals surface area contributed by atoms with Gasteiger partial charge in [0, 0.05) is 11.9 Å². The molecule has 0 aliphatic heterocycles. The van der Waals surface area contributed by atoms with Crippen molar-refractivity contribution in [2.45, 2.75) is 12.6 Å². The van der Waals surface area contributed by atoms with Gasteiger partial charge in [-0.15, -0.1) is 11.3 Å². The Morgan fingerprint density at radius 3 is 2.57 bits per heavy atom. The summed E-state index contributed by atoms with van der Waals surface area (Å²) < 4.78 is 42.4. The highest BCUT2D eigenvalue weighted by Gasteiger charge is 2.33. The van der Waals surface area contributed by atoms with Crippen molar-refractivity contribution in [2.24, 2.45) is 0 Å². The minimum atomic E-state index is -4.44. The predicted molar refractivity (Wildman–Crippen MR) is 88.0 cm³/mol. The van der Waals surface area contributed by atoms with Gasteiger partial charge in [0.05, 0.1) is 7.11 Å². The first kappa shape index (κ1) is 17.5. The van der Waals surface area contributed by atoms with Gasteiger partial charge in [-0.05, 0) is 36.3 Å². The number of hydrogen-bond donors (Lipinski definition) is 2. The Morgan fingerprint density at radius 2 is 2.00 bits per heavy atom. The van der Waals surface area contributed by atoms with Gasteiger partial charge in [0.1, 0.15) is 5.75 Å². The van der Waals surface area contributed by atoms with E-state index in [-0.39, 0.29) is 10.2 Å². The van der Waals surface area contributed by atoms with E-state index >= 15 is 0 Å². The molecule has 124 valence electrons. The third-order valence-corrected chi connectivity index (χ3v) is 3.88. The summed E-state index contributed by atoms with van der Waals surface area (Å²) in [6, 6.07) is 7.60. The van der Waals surface area contributed by atoms with Crippen molar-refractivity contribution >= 4 is 33.8 Å². The van der Waals surface area contributed by atoms with Crippen molar-refractivity contribution in [1.29, 1.82) is 0 Å². The third kappa shape index (κ3) is 5.36. The van der Waals surface area contributed by atoms with Crippen molar-refractivity contribution in [3.8, 4) is 5.75 Å². The van der Waals surface area contributed by atoms with Crippen LogP contribution < -0.4 is 15.4 Å². The zero-order valence-electron chi connectivity index (χ0n) is 12.1. The number of ether oxygens (including phenoxy) is 1. The summed E-state index contributed by atoms with van der Waals surface area (Å²) in [7, 11) is 1.60. The Bertz CT molecular complexity index is 656. The molecule has 0 amide bonds. The second-order valence-corrected chi connectivity index (χ2v) is 5.78. The van der Waals surface area contributed by atoms with Crippen LogP contribution in [0.5, 0.6) is 5.75 Å². The van der Waals surface area contributed by atoms with Gasteiger partial charge in [0.15, 0.2) is 15.9 Å². The summed E-state index contributed by atoms with van der Waals surface area (Å²) in [6.07, 6.45) is -3.72. The predicted octanol–water partition coefficient (Wildman–Crippen LogP) is 3.70. The molecule has 0 fully saturated rings. The normalized spacial score (nSPS) is 11.1. The molecule has 0 bridgehead atoms. The van der Waals surface area contributed by atoms with Crippen LogP contribution in [0.2, 0.25) is 0 Å². The average molecular weight is 361 g/mol. The van der Waals surface area contributed by atoms with Crippen LogP contribution in [0.25, 0.3) is 0 Å². The smallest absolute Gasteiger partial charge is 0.434 e. The largest absolute Gasteiger partial charge is 0.497 e. The van der Waals surface area contributed by atoms with Crippen molar-refractivity contribution in [1.82, 2.24) is 10.3 Å². The lowest BCUT2D eigenvalue weighted by Crippen LogP contribution is -2.30. The minimum absolute atomic E-state index is 0.110. The number of benzene rings is 1. The molecule has 0 unspecified atom stereocenters. The Morgan fingerprint density at radius 1 is 1.30 bits per heavy atom. The Hall–Kier alpha value is -1.87. The SMILES string of the molecule is COc1ccc(CCNC(=S)Nc2nc(C(F)(F)F)cs2)cc1. The lowest BCUT2D eigenvalue weighted by Gasteiger charge is -2.09. The molecule has 0 aliphatic rings. The van der Waals surface area contributed by atoms with Gasteiger partial charge < -0.3 is 15.4 Å². The lowest BCUT2D eigenvalue weighted by atomic mass is 10.1. The zero-order valence-corrected chi connectivity index (χ0v) is 13.7. The number of halogens is 3. The monoisotopic (exact) mass is 361 g/mol. The van der Waals surface area contributed by atoms with Crippen molar-refractivity contribution < 1.29 is 17.9 Å². The number of rotatable bonds is 5. The summed E-state index contributed by atoms with van der Waals surface area (Å²) in [5, 5.41) is 6.87. The fourth-order valence-electron chi connectivity index (χ4n) is 1.72. The van der Waals surface area contributed by atoms with E-state index in [1.54, 1.807) is 7.11 Å². The summed E-state index contributed by atoms with van der Waals surface area (Å²) in [5.41, 5.74) is 0.167. The van der Waals surface area contributed by atoms with Gasteiger partial charge in [-0.1, -0.05) is 12.1 Å². The van der Waals surface area contributed by atoms with Gasteiger partial charge in [-0.2, -0.15) is 13.2 Å². The summed E-state index contributed by atoms with van der Waals surface area (Å²) in [6.45, 7) is 0.551. The quantitative estimate of drug-likeness (QED) is 0.795. The molecule has 2 N–H and O–H groups in total. The lowest BCUT2D eigenvalue weighted by molar-refractivity contribution is -0.140. The average Bonchev–Trinajstić information content (AvgIpc) is 2.96. The molecule has 23 heavy (non-hydrogen) atoms. The maximum Gasteiger partial charge on any atom is 0.434 e. The van der Waals surface area contributed by atoms with Gasteiger partial charge in [-0.3, -0.25) is 0 Å². The molecule has 2 aromatic rings. The first-order valence-corrected chi connectivity index (χ1v) is 7.88. The summed E-state index contributed by atoms with van der Waals surface area (Å²) in [4.78, 5) is 3.45. The second kappa shape index (κ2) is 7.60. The van der Waals surface area contributed by atoms with Crippen LogP contribution in [0.3, 0.4) is 0 Å². The Kier molecular flexibility index (Phi) is 5.78. The van der Waals surface area contributed by atoms with Gasteiger partial charge >= 0.3 is 6.18 Å². The van der Waals surface area contributed by atoms with Crippen LogP contribution >= 0.6 is 23.6 Å². The highest BCUT2D eigenvalue weighted by atomic mass is 32.1. The highest BCUT2D eigenvalue weighted by molar-refractivity contribution is 7.80. The van der Waals surface area contributed by atoms with Gasteiger partial charge in [0.25, 0.3) is 0 Å². The third-order valence-electron chi connectivity index (χ3n) is 2.87. The van der Waals surface area contributed by atoms with E-state index in [2.05, 4.69) is 15.6 Å². The number of hydrogen-bond acceptors (Lipinski definition) is 4. The van der Waals surface area contributed by atoms with Crippen molar-refractivity contribution in [3.63, 3.8) is 0 Å². The number of nitrogens with zero attached hydrogens (tertiary/aromatic N) is 1. The number of methoxy groups -OCH3 is 1. The standard InChI is InChI=1S/C14H14F3N3OS2/c1-21-10-4-2-9(3-5-10)6-7-18-12(22)20-13-19-11(8-23-13)14(15,16)17/h2-5,8H,6-7H2,1H3,(H2,18,19,20,22). The molecule has 9 heteroatoms. The van der Waals surface area contributed by atoms with Crippen molar-refractivity contribution in [2.75, 3.05) is 19.0 Å². The fourth-order valence-corrected chi connectivity index (χ4v) is 2.70. The van der Waals surface area contributed by atoms with E-state index in [9.17, 15) is 13.2 Å². The number of aromatic nitrogens is 1. The molecule has 0 saturated carbocycles. The molecule has 4 nitrogen and oxygen atoms in total. The van der Waals surface area contributed by atoms with E-state index in [0.717, 1.165) is 34.5 Å². The number of thiazole rings is 1. The van der Waals surface area contributed by atoms with E-state index in [0.29, 0.717) is 6.54 Å². The topological polar surface area (TPSA) is 46.2 Å². The molecule has 0 atom stereocenters. The van der Waals surface area contributed by atoms with Crippen molar-refractivity contribution in [3.05, 3.63) is 40.9 Å². The number of thiocarbonyl (C=S) groups is 1. The first-order chi connectivity index (χ1) is 10.9. The molecule has 1 aromatic carbocycles. The molecule has 2 rings (SSSR count). The maximum atomic E-state index is 12.4. The fraction of sp³-hybridized carbons (Fsp3) is 0.286. The molecular formula is C14H14F3N3OS2. The van der Waals surface area contributed by atoms with Crippen LogP contribution in [0.1, 0.15) is 11.3 Å². The number of anilines is 1. The second-order valence-electron chi connectivity index (χ2n) is 4.51. The summed E-state index contributed by atoms with van der Waals surface area (Å²) >= 11 is 5.89. The van der Waals surface area contributed by atoms with Crippen LogP contribution in [0.15, 0.2) is 29.6 Å².